The number of carbonyl (C=O) groups excluding carboxylic acids is 1. The van der Waals surface area contributed by atoms with Crippen LogP contribution in [0.3, 0.4) is 0 Å². The van der Waals surface area contributed by atoms with Crippen LogP contribution in [0.1, 0.15) is 26.7 Å². The molecule has 0 fully saturated rings. The van der Waals surface area contributed by atoms with Crippen molar-refractivity contribution in [1.82, 2.24) is 9.88 Å². The first-order valence-electron chi connectivity index (χ1n) is 5.20. The number of amides is 1. The molecule has 1 N–H and O–H groups in total. The summed E-state index contributed by atoms with van der Waals surface area (Å²) < 4.78 is 2.41. The Bertz CT molecular complexity index is 200. The van der Waals surface area contributed by atoms with Crippen molar-refractivity contribution >= 4 is 28.7 Å². The van der Waals surface area contributed by atoms with Crippen LogP contribution >= 0.6 is 12.4 Å². The first-order valence-corrected chi connectivity index (χ1v) is 6.09. The lowest BCUT2D eigenvalue weighted by Crippen LogP contribution is -2.29. The highest BCUT2D eigenvalue weighted by Crippen LogP contribution is 1.89. The van der Waals surface area contributed by atoms with Crippen molar-refractivity contribution in [3.05, 3.63) is 12.2 Å². The molecule has 0 aromatic rings. The van der Waals surface area contributed by atoms with Crippen molar-refractivity contribution in [3.63, 3.8) is 0 Å². The van der Waals surface area contributed by atoms with E-state index in [-0.39, 0.29) is 18.3 Å². The van der Waals surface area contributed by atoms with E-state index in [0.29, 0.717) is 5.57 Å². The van der Waals surface area contributed by atoms with Crippen LogP contribution in [0.25, 0.3) is 0 Å². The smallest absolute Gasteiger partial charge is 0.246 e. The first kappa shape index (κ1) is 17.1. The third-order valence-electron chi connectivity index (χ3n) is 2.00. The van der Waals surface area contributed by atoms with Gasteiger partial charge in [0.2, 0.25) is 5.91 Å². The average Bonchev–Trinajstić information content (AvgIpc) is 2.12. The van der Waals surface area contributed by atoms with Crippen molar-refractivity contribution in [1.29, 1.82) is 0 Å². The van der Waals surface area contributed by atoms with Crippen molar-refractivity contribution in [2.24, 2.45) is 0 Å². The summed E-state index contributed by atoms with van der Waals surface area (Å²) in [7, 11) is 1.11. The topological polar surface area (TPSA) is 32.3 Å². The van der Waals surface area contributed by atoms with E-state index in [1.165, 1.54) is 13.0 Å². The van der Waals surface area contributed by atoms with Gasteiger partial charge in [-0.3, -0.25) is 4.79 Å². The molecule has 0 aromatic carbocycles. The monoisotopic (exact) mass is 250 g/mol. The standard InChI is InChI=1S/C10H22N2OSi.ClH/c1-4-7-12(14)8-5-6-11-10(13)9(2)3;/h2,4-8H2,1,3,14H3,(H,11,13);1H. The molecule has 0 spiro atoms. The third kappa shape index (κ3) is 9.97. The quantitative estimate of drug-likeness (QED) is 0.405. The lowest BCUT2D eigenvalue weighted by molar-refractivity contribution is -0.117. The van der Waals surface area contributed by atoms with E-state index in [1.54, 1.807) is 6.92 Å². The summed E-state index contributed by atoms with van der Waals surface area (Å²) in [6, 6.07) is 0. The molecule has 0 radical (unpaired) electrons. The van der Waals surface area contributed by atoms with Gasteiger partial charge < -0.3 is 9.88 Å². The van der Waals surface area contributed by atoms with E-state index in [1.807, 2.05) is 0 Å². The predicted octanol–water partition coefficient (Wildman–Crippen LogP) is 0.483. The molecule has 1 amide bonds. The minimum absolute atomic E-state index is 0. The van der Waals surface area contributed by atoms with Crippen molar-refractivity contribution < 1.29 is 4.79 Å². The highest BCUT2D eigenvalue weighted by molar-refractivity contribution is 6.04. The second-order valence-corrected chi connectivity index (χ2v) is 4.96. The van der Waals surface area contributed by atoms with Crippen LogP contribution in [-0.2, 0) is 4.79 Å². The molecule has 0 aliphatic carbocycles. The van der Waals surface area contributed by atoms with Gasteiger partial charge in [-0.2, -0.15) is 0 Å². The summed E-state index contributed by atoms with van der Waals surface area (Å²) in [5, 5.41) is 2.83. The van der Waals surface area contributed by atoms with Gasteiger partial charge >= 0.3 is 0 Å². The van der Waals surface area contributed by atoms with Gasteiger partial charge in [0.05, 0.1) is 10.4 Å². The maximum absolute atomic E-state index is 11.1. The van der Waals surface area contributed by atoms with E-state index in [0.717, 1.165) is 29.9 Å². The maximum atomic E-state index is 11.1. The highest BCUT2D eigenvalue weighted by atomic mass is 35.5. The minimum atomic E-state index is -0.0274. The molecule has 0 saturated heterocycles. The number of halogens is 1. The summed E-state index contributed by atoms with van der Waals surface area (Å²) in [5.74, 6) is -0.0274. The van der Waals surface area contributed by atoms with Gasteiger partial charge in [-0.25, -0.2) is 0 Å². The summed E-state index contributed by atoms with van der Waals surface area (Å²) >= 11 is 0. The second-order valence-electron chi connectivity index (χ2n) is 3.69. The fourth-order valence-electron chi connectivity index (χ4n) is 1.20. The maximum Gasteiger partial charge on any atom is 0.246 e. The Morgan fingerprint density at radius 3 is 2.53 bits per heavy atom. The zero-order valence-electron chi connectivity index (χ0n) is 10.0. The number of nitrogens with zero attached hydrogens (tertiary/aromatic N) is 1. The molecule has 3 nitrogen and oxygen atoms in total. The van der Waals surface area contributed by atoms with Gasteiger partial charge in [0.25, 0.3) is 0 Å². The number of nitrogens with one attached hydrogen (secondary N) is 1. The molecule has 0 unspecified atom stereocenters. The number of rotatable bonds is 7. The van der Waals surface area contributed by atoms with Gasteiger partial charge in [-0.15, -0.1) is 12.4 Å². The normalized spacial score (nSPS) is 9.80. The number of hydrogen-bond donors (Lipinski definition) is 1. The molecule has 0 bridgehead atoms. The molecular weight excluding hydrogens is 228 g/mol. The molecule has 0 heterocycles. The van der Waals surface area contributed by atoms with Crippen LogP contribution in [-0.4, -0.2) is 40.5 Å². The van der Waals surface area contributed by atoms with E-state index < -0.39 is 0 Å². The molecule has 0 aromatic heterocycles. The Morgan fingerprint density at radius 1 is 1.47 bits per heavy atom. The average molecular weight is 251 g/mol. The van der Waals surface area contributed by atoms with E-state index in [2.05, 4.69) is 23.4 Å². The Labute approximate surface area is 102 Å². The number of carbonyl (C=O) groups is 1. The van der Waals surface area contributed by atoms with Crippen LogP contribution in [0.2, 0.25) is 0 Å². The molecule has 0 aliphatic rings. The van der Waals surface area contributed by atoms with Crippen LogP contribution in [0.15, 0.2) is 12.2 Å². The van der Waals surface area contributed by atoms with Crippen molar-refractivity contribution in [3.8, 4) is 0 Å². The molecule has 15 heavy (non-hydrogen) atoms. The summed E-state index contributed by atoms with van der Waals surface area (Å²) in [6.07, 6.45) is 2.24. The lowest BCUT2D eigenvalue weighted by Gasteiger charge is -2.15. The Kier molecular flexibility index (Phi) is 11.6. The molecular formula is C10H23ClN2OSi. The molecule has 0 saturated carbocycles. The second kappa shape index (κ2) is 10.2. The largest absolute Gasteiger partial charge is 0.352 e. The molecule has 0 atom stereocenters. The van der Waals surface area contributed by atoms with Gasteiger partial charge in [0.15, 0.2) is 0 Å². The molecule has 0 rings (SSSR count). The van der Waals surface area contributed by atoms with E-state index in [4.69, 9.17) is 0 Å². The van der Waals surface area contributed by atoms with Crippen LogP contribution in [0.5, 0.6) is 0 Å². The van der Waals surface area contributed by atoms with Crippen LogP contribution < -0.4 is 5.32 Å². The summed E-state index contributed by atoms with van der Waals surface area (Å²) in [6.45, 7) is 10.5. The SMILES string of the molecule is C=C(C)C(=O)NCCCN([SiH3])CCC.Cl. The Hall–Kier alpha value is -0.323. The molecule has 5 heteroatoms. The first-order chi connectivity index (χ1) is 6.57. The zero-order chi connectivity index (χ0) is 11.0. The van der Waals surface area contributed by atoms with Crippen LogP contribution in [0.4, 0.5) is 0 Å². The summed E-state index contributed by atoms with van der Waals surface area (Å²) in [5.41, 5.74) is 0.585. The van der Waals surface area contributed by atoms with E-state index in [9.17, 15) is 4.79 Å². The fraction of sp³-hybridized carbons (Fsp3) is 0.700. The van der Waals surface area contributed by atoms with Gasteiger partial charge in [0, 0.05) is 12.1 Å². The highest BCUT2D eigenvalue weighted by Gasteiger charge is 2.00. The number of hydrogen-bond acceptors (Lipinski definition) is 2. The third-order valence-corrected chi connectivity index (χ3v) is 2.89. The van der Waals surface area contributed by atoms with Gasteiger partial charge in [0.1, 0.15) is 0 Å². The summed E-state index contributed by atoms with van der Waals surface area (Å²) in [4.78, 5) is 11.1. The molecule has 90 valence electrons. The van der Waals surface area contributed by atoms with Gasteiger partial charge in [-0.1, -0.05) is 13.5 Å². The van der Waals surface area contributed by atoms with Gasteiger partial charge in [-0.05, 0) is 32.9 Å². The van der Waals surface area contributed by atoms with Crippen molar-refractivity contribution in [2.75, 3.05) is 19.6 Å². The minimum Gasteiger partial charge on any atom is -0.352 e. The van der Waals surface area contributed by atoms with Crippen LogP contribution in [0, 0.1) is 0 Å². The Balaban J connectivity index is 0. The van der Waals surface area contributed by atoms with E-state index >= 15 is 0 Å². The Morgan fingerprint density at radius 2 is 2.07 bits per heavy atom. The lowest BCUT2D eigenvalue weighted by atomic mass is 10.3. The molecule has 0 aliphatic heterocycles. The predicted molar refractivity (Wildman–Crippen MR) is 71.5 cm³/mol. The van der Waals surface area contributed by atoms with Crippen molar-refractivity contribution in [2.45, 2.75) is 26.7 Å². The fourth-order valence-corrected chi connectivity index (χ4v) is 1.96. The zero-order valence-corrected chi connectivity index (χ0v) is 12.8.